The van der Waals surface area contributed by atoms with Gasteiger partial charge in [-0.2, -0.15) is 5.26 Å². The lowest BCUT2D eigenvalue weighted by molar-refractivity contribution is -0.384. The van der Waals surface area contributed by atoms with Gasteiger partial charge in [0.15, 0.2) is 5.78 Å². The second-order valence-electron chi connectivity index (χ2n) is 7.43. The van der Waals surface area contributed by atoms with Crippen LogP contribution in [0.3, 0.4) is 0 Å². The number of carbonyl (C=O) groups is 1. The number of nitrogens with zero attached hydrogens (tertiary/aromatic N) is 3. The van der Waals surface area contributed by atoms with Gasteiger partial charge in [0.2, 0.25) is 5.88 Å². The van der Waals surface area contributed by atoms with Crippen LogP contribution in [0.15, 0.2) is 65.6 Å². The third kappa shape index (κ3) is 2.98. The van der Waals surface area contributed by atoms with Crippen LogP contribution in [0, 0.1) is 21.4 Å². The Morgan fingerprint density at radius 2 is 1.74 bits per heavy atom. The van der Waals surface area contributed by atoms with Crippen LogP contribution in [0.5, 0.6) is 0 Å². The summed E-state index contributed by atoms with van der Waals surface area (Å²) >= 11 is 0. The molecule has 8 nitrogen and oxygen atoms in total. The van der Waals surface area contributed by atoms with Crippen molar-refractivity contribution in [1.29, 1.82) is 5.26 Å². The van der Waals surface area contributed by atoms with Crippen molar-refractivity contribution in [3.8, 4) is 6.07 Å². The number of rotatable bonds is 3. The number of hydrogen-bond donors (Lipinski definition) is 0. The molecule has 3 aliphatic rings. The van der Waals surface area contributed by atoms with Crippen molar-refractivity contribution in [2.45, 2.75) is 5.92 Å². The first-order valence-corrected chi connectivity index (χ1v) is 9.87. The number of allylic oxidation sites excluding steroid dienone is 2. The predicted octanol–water partition coefficient (Wildman–Crippen LogP) is 3.38. The van der Waals surface area contributed by atoms with Gasteiger partial charge in [0.25, 0.3) is 5.69 Å². The summed E-state index contributed by atoms with van der Waals surface area (Å²) in [4.78, 5) is 25.9. The Morgan fingerprint density at radius 3 is 2.39 bits per heavy atom. The van der Waals surface area contributed by atoms with E-state index in [-0.39, 0.29) is 11.5 Å². The normalized spacial score (nSPS) is 20.2. The number of morpholine rings is 1. The molecule has 0 aromatic heterocycles. The molecule has 154 valence electrons. The lowest BCUT2D eigenvalue weighted by Gasteiger charge is -2.35. The average Bonchev–Trinajstić information content (AvgIpc) is 3.10. The zero-order valence-corrected chi connectivity index (χ0v) is 16.4. The minimum absolute atomic E-state index is 0.0538. The number of ketones is 1. The van der Waals surface area contributed by atoms with E-state index in [9.17, 15) is 20.2 Å². The number of benzene rings is 2. The molecule has 31 heavy (non-hydrogen) atoms. The molecule has 0 radical (unpaired) electrons. The van der Waals surface area contributed by atoms with Gasteiger partial charge in [0.1, 0.15) is 17.4 Å². The SMILES string of the molecule is N#CC1=C(N2CCOCC2)OC2=C(C(=O)c3ccccc32)C1c1ccc([N+](=O)[O-])cc1. The van der Waals surface area contributed by atoms with Crippen LogP contribution >= 0.6 is 0 Å². The molecule has 2 heterocycles. The van der Waals surface area contributed by atoms with Crippen molar-refractivity contribution in [3.63, 3.8) is 0 Å². The van der Waals surface area contributed by atoms with Gasteiger partial charge in [0.05, 0.1) is 29.6 Å². The summed E-state index contributed by atoms with van der Waals surface area (Å²) in [7, 11) is 0. The molecule has 0 spiro atoms. The van der Waals surface area contributed by atoms with E-state index in [4.69, 9.17) is 9.47 Å². The quantitative estimate of drug-likeness (QED) is 0.559. The maximum absolute atomic E-state index is 13.3. The number of nitro groups is 1. The summed E-state index contributed by atoms with van der Waals surface area (Å²) in [5.41, 5.74) is 2.50. The molecule has 1 fully saturated rings. The summed E-state index contributed by atoms with van der Waals surface area (Å²) in [6.07, 6.45) is 0. The van der Waals surface area contributed by atoms with E-state index in [0.29, 0.717) is 65.8 Å². The van der Waals surface area contributed by atoms with Crippen LogP contribution in [0.4, 0.5) is 5.69 Å². The van der Waals surface area contributed by atoms with Gasteiger partial charge in [-0.3, -0.25) is 14.9 Å². The molecule has 1 atom stereocenters. The molecule has 2 aromatic carbocycles. The summed E-state index contributed by atoms with van der Waals surface area (Å²) in [5.74, 6) is -0.00289. The lowest BCUT2D eigenvalue weighted by Crippen LogP contribution is -2.38. The van der Waals surface area contributed by atoms with Crippen LogP contribution in [-0.4, -0.2) is 41.9 Å². The van der Waals surface area contributed by atoms with Crippen molar-refractivity contribution in [2.24, 2.45) is 0 Å². The Kier molecular flexibility index (Phi) is 4.53. The number of hydrogen-bond acceptors (Lipinski definition) is 7. The first-order valence-electron chi connectivity index (χ1n) is 9.87. The van der Waals surface area contributed by atoms with Gasteiger partial charge in [-0.1, -0.05) is 36.4 Å². The highest BCUT2D eigenvalue weighted by Gasteiger charge is 2.44. The minimum atomic E-state index is -0.674. The van der Waals surface area contributed by atoms with Crippen molar-refractivity contribution >= 4 is 17.2 Å². The Labute approximate surface area is 177 Å². The number of carbonyl (C=O) groups excluding carboxylic acids is 1. The van der Waals surface area contributed by atoms with E-state index in [1.54, 1.807) is 24.3 Å². The average molecular weight is 415 g/mol. The second-order valence-corrected chi connectivity index (χ2v) is 7.43. The molecule has 1 aliphatic carbocycles. The Bertz CT molecular complexity index is 1200. The van der Waals surface area contributed by atoms with Gasteiger partial charge in [-0.25, -0.2) is 0 Å². The summed E-state index contributed by atoms with van der Waals surface area (Å²) in [6, 6.07) is 15.4. The molecule has 5 rings (SSSR count). The third-order valence-corrected chi connectivity index (χ3v) is 5.77. The highest BCUT2D eigenvalue weighted by Crippen LogP contribution is 2.49. The van der Waals surface area contributed by atoms with E-state index in [1.807, 2.05) is 17.0 Å². The number of fused-ring (bicyclic) bond motifs is 2. The van der Waals surface area contributed by atoms with Crippen LogP contribution in [-0.2, 0) is 9.47 Å². The van der Waals surface area contributed by atoms with E-state index < -0.39 is 10.8 Å². The van der Waals surface area contributed by atoms with E-state index in [0.717, 1.165) is 0 Å². The van der Waals surface area contributed by atoms with Crippen molar-refractivity contribution < 1.29 is 19.2 Å². The van der Waals surface area contributed by atoms with Crippen LogP contribution in [0.1, 0.15) is 27.4 Å². The van der Waals surface area contributed by atoms with Crippen molar-refractivity contribution in [1.82, 2.24) is 4.90 Å². The fourth-order valence-electron chi connectivity index (χ4n) is 4.30. The first kappa shape index (κ1) is 19.0. The number of non-ortho nitro benzene ring substituents is 1. The fraction of sp³-hybridized carbons (Fsp3) is 0.217. The van der Waals surface area contributed by atoms with Crippen LogP contribution < -0.4 is 0 Å². The van der Waals surface area contributed by atoms with Gasteiger partial charge in [-0.05, 0) is 5.56 Å². The van der Waals surface area contributed by atoms with Gasteiger partial charge in [-0.15, -0.1) is 0 Å². The largest absolute Gasteiger partial charge is 0.439 e. The maximum Gasteiger partial charge on any atom is 0.269 e. The monoisotopic (exact) mass is 415 g/mol. The van der Waals surface area contributed by atoms with Gasteiger partial charge < -0.3 is 14.4 Å². The van der Waals surface area contributed by atoms with E-state index >= 15 is 0 Å². The molecule has 0 N–H and O–H groups in total. The standard InChI is InChI=1S/C23H17N3O5/c24-13-18-19(14-5-7-15(8-6-14)26(28)29)20-21(27)16-3-1-2-4-17(16)22(20)31-23(18)25-9-11-30-12-10-25/h1-8,19H,9-12H2. The maximum atomic E-state index is 13.3. The smallest absolute Gasteiger partial charge is 0.269 e. The molecule has 8 heteroatoms. The lowest BCUT2D eigenvalue weighted by atomic mass is 9.82. The zero-order chi connectivity index (χ0) is 21.5. The molecule has 1 saturated heterocycles. The Balaban J connectivity index is 1.69. The molecular weight excluding hydrogens is 398 g/mol. The van der Waals surface area contributed by atoms with Crippen LogP contribution in [0.2, 0.25) is 0 Å². The minimum Gasteiger partial charge on any atom is -0.439 e. The number of nitriles is 1. The van der Waals surface area contributed by atoms with Crippen molar-refractivity contribution in [2.75, 3.05) is 26.3 Å². The third-order valence-electron chi connectivity index (χ3n) is 5.77. The molecular formula is C23H17N3O5. The second kappa shape index (κ2) is 7.38. The summed E-state index contributed by atoms with van der Waals surface area (Å²) < 4.78 is 11.7. The molecule has 2 aliphatic heterocycles. The number of Topliss-reactive ketones (excluding diaryl/α,β-unsaturated/α-hetero) is 1. The molecule has 1 unspecified atom stereocenters. The summed E-state index contributed by atoms with van der Waals surface area (Å²) in [5, 5.41) is 21.2. The fourth-order valence-corrected chi connectivity index (χ4v) is 4.30. The topological polar surface area (TPSA) is 106 Å². The van der Waals surface area contributed by atoms with E-state index in [2.05, 4.69) is 6.07 Å². The number of nitro benzene ring substituents is 1. The molecule has 0 bridgehead atoms. The Hall–Kier alpha value is -3.96. The molecule has 0 saturated carbocycles. The van der Waals surface area contributed by atoms with Crippen LogP contribution in [0.25, 0.3) is 5.76 Å². The zero-order valence-electron chi connectivity index (χ0n) is 16.4. The van der Waals surface area contributed by atoms with Gasteiger partial charge in [0, 0.05) is 36.3 Å². The first-order chi connectivity index (χ1) is 15.1. The highest BCUT2D eigenvalue weighted by atomic mass is 16.6. The summed E-state index contributed by atoms with van der Waals surface area (Å²) in [6.45, 7) is 2.14. The predicted molar refractivity (Wildman–Crippen MR) is 110 cm³/mol. The molecule has 0 amide bonds. The molecule has 2 aromatic rings. The number of ether oxygens (including phenoxy) is 2. The highest BCUT2D eigenvalue weighted by molar-refractivity contribution is 6.21. The van der Waals surface area contributed by atoms with E-state index in [1.165, 1.54) is 12.1 Å². The van der Waals surface area contributed by atoms with Crippen molar-refractivity contribution in [3.05, 3.63) is 92.4 Å². The van der Waals surface area contributed by atoms with Gasteiger partial charge >= 0.3 is 0 Å². The Morgan fingerprint density at radius 1 is 1.06 bits per heavy atom.